The number of rotatable bonds is 5. The van der Waals surface area contributed by atoms with Gasteiger partial charge >= 0.3 is 5.97 Å². The molecule has 0 saturated heterocycles. The fraction of sp³-hybridized carbons (Fsp3) is 0.400. The van der Waals surface area contributed by atoms with Crippen LogP contribution in [0.15, 0.2) is 12.1 Å². The molecule has 82 valence electrons. The van der Waals surface area contributed by atoms with Gasteiger partial charge in [0.05, 0.1) is 0 Å². The lowest BCUT2D eigenvalue weighted by Crippen LogP contribution is -2.11. The smallest absolute Gasteiger partial charge is 0.339 e. The van der Waals surface area contributed by atoms with E-state index in [9.17, 15) is 4.79 Å². The monoisotopic (exact) mass is 226 g/mol. The molecule has 0 aromatic carbocycles. The van der Waals surface area contributed by atoms with Gasteiger partial charge in [-0.3, -0.25) is 0 Å². The van der Waals surface area contributed by atoms with Crippen molar-refractivity contribution in [3.8, 4) is 0 Å². The summed E-state index contributed by atoms with van der Waals surface area (Å²) >= 11 is 1.70. The molecular weight excluding hydrogens is 212 g/mol. The van der Waals surface area contributed by atoms with Crippen molar-refractivity contribution in [1.29, 1.82) is 0 Å². The van der Waals surface area contributed by atoms with Crippen molar-refractivity contribution in [3.05, 3.63) is 23.4 Å². The maximum Gasteiger partial charge on any atom is 0.339 e. The van der Waals surface area contributed by atoms with Crippen LogP contribution < -0.4 is 5.32 Å². The highest BCUT2D eigenvalue weighted by atomic mass is 32.2. The number of hydrogen-bond donors (Lipinski definition) is 2. The summed E-state index contributed by atoms with van der Waals surface area (Å²) in [6.45, 7) is 2.56. The van der Waals surface area contributed by atoms with E-state index in [0.717, 1.165) is 18.0 Å². The Morgan fingerprint density at radius 3 is 2.93 bits per heavy atom. The molecule has 0 aliphatic heterocycles. The van der Waals surface area contributed by atoms with Crippen LogP contribution in [0.1, 0.15) is 16.1 Å². The highest BCUT2D eigenvalue weighted by Gasteiger charge is 2.10. The molecule has 5 heteroatoms. The van der Waals surface area contributed by atoms with Crippen LogP contribution >= 0.6 is 11.8 Å². The third kappa shape index (κ3) is 3.43. The summed E-state index contributed by atoms with van der Waals surface area (Å²) in [5, 5.41) is 12.0. The largest absolute Gasteiger partial charge is 0.478 e. The lowest BCUT2D eigenvalue weighted by molar-refractivity contribution is 0.0697. The standard InChI is InChI=1S/C10H14N2O2S/c1-7-3-4-8(10(13)14)9(12-7)11-5-6-15-2/h3-4H,5-6H2,1-2H3,(H,11,12)(H,13,14). The Kier molecular flexibility index (Phi) is 4.42. The number of carboxylic acid groups (broad SMARTS) is 1. The van der Waals surface area contributed by atoms with Gasteiger partial charge in [0.2, 0.25) is 0 Å². The van der Waals surface area contributed by atoms with Gasteiger partial charge in [-0.1, -0.05) is 0 Å². The average molecular weight is 226 g/mol. The van der Waals surface area contributed by atoms with Gasteiger partial charge in [-0.25, -0.2) is 9.78 Å². The number of nitrogens with one attached hydrogen (secondary N) is 1. The quantitative estimate of drug-likeness (QED) is 0.750. The highest BCUT2D eigenvalue weighted by molar-refractivity contribution is 7.98. The van der Waals surface area contributed by atoms with Gasteiger partial charge < -0.3 is 10.4 Å². The van der Waals surface area contributed by atoms with Crippen molar-refractivity contribution < 1.29 is 9.90 Å². The van der Waals surface area contributed by atoms with Crippen molar-refractivity contribution in [1.82, 2.24) is 4.98 Å². The zero-order valence-electron chi connectivity index (χ0n) is 8.78. The Bertz CT molecular complexity index is 355. The molecule has 1 aromatic rings. The number of pyridine rings is 1. The summed E-state index contributed by atoms with van der Waals surface area (Å²) in [6.07, 6.45) is 2.00. The summed E-state index contributed by atoms with van der Waals surface area (Å²) in [5.41, 5.74) is 1.04. The van der Waals surface area contributed by atoms with E-state index in [1.54, 1.807) is 23.9 Å². The van der Waals surface area contributed by atoms with Gasteiger partial charge in [-0.2, -0.15) is 11.8 Å². The molecular formula is C10H14N2O2S. The van der Waals surface area contributed by atoms with E-state index in [2.05, 4.69) is 10.3 Å². The van der Waals surface area contributed by atoms with Crippen LogP contribution in [0, 0.1) is 6.92 Å². The number of aryl methyl sites for hydroxylation is 1. The first-order valence-corrected chi connectivity index (χ1v) is 5.98. The second-order valence-electron chi connectivity index (χ2n) is 3.07. The topological polar surface area (TPSA) is 62.2 Å². The van der Waals surface area contributed by atoms with Crippen LogP contribution in [0.4, 0.5) is 5.82 Å². The van der Waals surface area contributed by atoms with Gasteiger partial charge in [-0.05, 0) is 25.3 Å². The number of anilines is 1. The first-order chi connectivity index (χ1) is 7.15. The molecule has 15 heavy (non-hydrogen) atoms. The number of aromatic carboxylic acids is 1. The predicted octanol–water partition coefficient (Wildman–Crippen LogP) is 1.86. The molecule has 4 nitrogen and oxygen atoms in total. The van der Waals surface area contributed by atoms with Gasteiger partial charge in [0.25, 0.3) is 0 Å². The van der Waals surface area contributed by atoms with Crippen molar-refractivity contribution >= 4 is 23.5 Å². The summed E-state index contributed by atoms with van der Waals surface area (Å²) in [5.74, 6) is 0.431. The predicted molar refractivity (Wildman–Crippen MR) is 62.8 cm³/mol. The first kappa shape index (κ1) is 11.8. The van der Waals surface area contributed by atoms with Gasteiger partial charge in [-0.15, -0.1) is 0 Å². The molecule has 0 fully saturated rings. The fourth-order valence-corrected chi connectivity index (χ4v) is 1.44. The minimum atomic E-state index is -0.950. The molecule has 2 N–H and O–H groups in total. The second kappa shape index (κ2) is 5.60. The highest BCUT2D eigenvalue weighted by Crippen LogP contribution is 2.13. The Morgan fingerprint density at radius 1 is 1.60 bits per heavy atom. The SMILES string of the molecule is CSCCNc1nc(C)ccc1C(=O)O. The maximum absolute atomic E-state index is 10.9. The summed E-state index contributed by atoms with van der Waals surface area (Å²) in [4.78, 5) is 15.0. The molecule has 0 aliphatic rings. The molecule has 0 aliphatic carbocycles. The number of aromatic nitrogens is 1. The molecule has 0 saturated carbocycles. The normalized spacial score (nSPS) is 10.0. The molecule has 0 unspecified atom stereocenters. The summed E-state index contributed by atoms with van der Waals surface area (Å²) in [6, 6.07) is 3.27. The van der Waals surface area contributed by atoms with Gasteiger partial charge in [0.15, 0.2) is 0 Å². The van der Waals surface area contributed by atoms with Crippen LogP contribution in [0.25, 0.3) is 0 Å². The molecule has 0 atom stereocenters. The Labute approximate surface area is 93.1 Å². The van der Waals surface area contributed by atoms with Crippen LogP contribution in [0.5, 0.6) is 0 Å². The molecule has 0 bridgehead atoms. The van der Waals surface area contributed by atoms with Gasteiger partial charge in [0.1, 0.15) is 11.4 Å². The molecule has 0 radical (unpaired) electrons. The summed E-state index contributed by atoms with van der Waals surface area (Å²) < 4.78 is 0. The van der Waals surface area contributed by atoms with E-state index in [1.165, 1.54) is 0 Å². The number of thioether (sulfide) groups is 1. The van der Waals surface area contributed by atoms with Crippen LogP contribution in [-0.4, -0.2) is 34.6 Å². The average Bonchev–Trinajstić information content (AvgIpc) is 2.18. The van der Waals surface area contributed by atoms with E-state index < -0.39 is 5.97 Å². The minimum Gasteiger partial charge on any atom is -0.478 e. The van der Waals surface area contributed by atoms with Crippen molar-refractivity contribution in [2.45, 2.75) is 6.92 Å². The van der Waals surface area contributed by atoms with Crippen molar-refractivity contribution in [2.75, 3.05) is 23.9 Å². The van der Waals surface area contributed by atoms with E-state index in [4.69, 9.17) is 5.11 Å². The molecule has 1 heterocycles. The zero-order valence-corrected chi connectivity index (χ0v) is 9.60. The van der Waals surface area contributed by atoms with Crippen molar-refractivity contribution in [3.63, 3.8) is 0 Å². The fourth-order valence-electron chi connectivity index (χ4n) is 1.14. The van der Waals surface area contributed by atoms with E-state index >= 15 is 0 Å². The molecule has 1 aromatic heterocycles. The van der Waals surface area contributed by atoms with E-state index in [0.29, 0.717) is 5.82 Å². The number of carbonyl (C=O) groups is 1. The van der Waals surface area contributed by atoms with Crippen molar-refractivity contribution in [2.24, 2.45) is 0 Å². The Balaban J connectivity index is 2.82. The van der Waals surface area contributed by atoms with Crippen LogP contribution in [0.2, 0.25) is 0 Å². The van der Waals surface area contributed by atoms with E-state index in [1.807, 2.05) is 13.2 Å². The third-order valence-corrected chi connectivity index (χ3v) is 2.48. The Hall–Kier alpha value is -1.23. The second-order valence-corrected chi connectivity index (χ2v) is 4.06. The number of nitrogens with zero attached hydrogens (tertiary/aromatic N) is 1. The lowest BCUT2D eigenvalue weighted by Gasteiger charge is -2.08. The lowest BCUT2D eigenvalue weighted by atomic mass is 10.2. The summed E-state index contributed by atoms with van der Waals surface area (Å²) in [7, 11) is 0. The molecule has 0 amide bonds. The number of carboxylic acids is 1. The molecule has 0 spiro atoms. The first-order valence-electron chi connectivity index (χ1n) is 4.59. The number of hydrogen-bond acceptors (Lipinski definition) is 4. The van der Waals surface area contributed by atoms with E-state index in [-0.39, 0.29) is 5.56 Å². The molecule has 1 rings (SSSR count). The van der Waals surface area contributed by atoms with Gasteiger partial charge in [0, 0.05) is 18.0 Å². The maximum atomic E-state index is 10.9. The Morgan fingerprint density at radius 2 is 2.33 bits per heavy atom. The van der Waals surface area contributed by atoms with Crippen LogP contribution in [-0.2, 0) is 0 Å². The van der Waals surface area contributed by atoms with Crippen LogP contribution in [0.3, 0.4) is 0 Å². The zero-order chi connectivity index (χ0) is 11.3. The minimum absolute atomic E-state index is 0.224. The third-order valence-electron chi connectivity index (χ3n) is 1.86.